The fourth-order valence-corrected chi connectivity index (χ4v) is 3.06. The molecule has 1 aromatic carbocycles. The van der Waals surface area contributed by atoms with Crippen molar-refractivity contribution in [2.75, 3.05) is 24.3 Å². The van der Waals surface area contributed by atoms with Gasteiger partial charge in [0.1, 0.15) is 12.4 Å². The minimum absolute atomic E-state index is 0. The van der Waals surface area contributed by atoms with Gasteiger partial charge in [-0.25, -0.2) is 4.98 Å². The lowest BCUT2D eigenvalue weighted by molar-refractivity contribution is 0.0682. The van der Waals surface area contributed by atoms with Crippen molar-refractivity contribution in [1.29, 1.82) is 0 Å². The van der Waals surface area contributed by atoms with E-state index in [2.05, 4.69) is 29.4 Å². The van der Waals surface area contributed by atoms with Gasteiger partial charge in [-0.05, 0) is 37.5 Å². The summed E-state index contributed by atoms with van der Waals surface area (Å²) in [6.45, 7) is 4.20. The quantitative estimate of drug-likeness (QED) is 0.828. The Morgan fingerprint density at radius 1 is 1.48 bits per heavy atom. The maximum atomic E-state index is 5.97. The number of halogens is 1. The van der Waals surface area contributed by atoms with Gasteiger partial charge in [-0.15, -0.1) is 23.7 Å². The molecule has 0 spiro atoms. The zero-order chi connectivity index (χ0) is 15.4. The first-order valence-corrected chi connectivity index (χ1v) is 8.31. The number of aryl methyl sites for hydroxylation is 1. The van der Waals surface area contributed by atoms with E-state index < -0.39 is 0 Å². The molecule has 3 N–H and O–H groups in total. The number of ether oxygens (including phenoxy) is 2. The predicted molar refractivity (Wildman–Crippen MR) is 96.7 cm³/mol. The van der Waals surface area contributed by atoms with Gasteiger partial charge >= 0.3 is 0 Å². The van der Waals surface area contributed by atoms with Crippen LogP contribution in [0.2, 0.25) is 0 Å². The van der Waals surface area contributed by atoms with E-state index in [1.165, 1.54) is 16.9 Å². The number of rotatable bonds is 6. The number of aromatic nitrogens is 1. The Hall–Kier alpha value is -1.50. The SMILES string of the molecule is Cc1ccc(NCc2cnc(N)s2)c(OCC2CCCO2)c1.Cl. The smallest absolute Gasteiger partial charge is 0.180 e. The second-order valence-corrected chi connectivity index (χ2v) is 6.61. The molecule has 126 valence electrons. The molecule has 3 rings (SSSR count). The van der Waals surface area contributed by atoms with Gasteiger partial charge in [-0.2, -0.15) is 0 Å². The molecule has 1 aromatic heterocycles. The molecule has 1 saturated heterocycles. The monoisotopic (exact) mass is 355 g/mol. The zero-order valence-corrected chi connectivity index (χ0v) is 14.7. The molecule has 1 atom stereocenters. The van der Waals surface area contributed by atoms with Gasteiger partial charge in [0, 0.05) is 17.7 Å². The second kappa shape index (κ2) is 8.38. The molecule has 1 unspecified atom stereocenters. The van der Waals surface area contributed by atoms with E-state index in [1.54, 1.807) is 6.20 Å². The third-order valence-corrected chi connectivity index (χ3v) is 4.44. The summed E-state index contributed by atoms with van der Waals surface area (Å²) in [6, 6.07) is 6.17. The number of anilines is 2. The highest BCUT2D eigenvalue weighted by Gasteiger charge is 2.17. The van der Waals surface area contributed by atoms with Crippen LogP contribution in [0.25, 0.3) is 0 Å². The van der Waals surface area contributed by atoms with E-state index in [1.807, 2.05) is 6.07 Å². The molecule has 7 heteroatoms. The van der Waals surface area contributed by atoms with Crippen molar-refractivity contribution in [1.82, 2.24) is 4.98 Å². The van der Waals surface area contributed by atoms with Gasteiger partial charge in [0.15, 0.2) is 5.13 Å². The van der Waals surface area contributed by atoms with Crippen LogP contribution in [0, 0.1) is 6.92 Å². The highest BCUT2D eigenvalue weighted by atomic mass is 35.5. The van der Waals surface area contributed by atoms with Gasteiger partial charge in [0.25, 0.3) is 0 Å². The number of hydrogen-bond donors (Lipinski definition) is 2. The standard InChI is InChI=1S/C16H21N3O2S.ClH/c1-11-4-5-14(18-8-13-9-19-16(17)22-13)15(7-11)21-10-12-3-2-6-20-12;/h4-5,7,9,12,18H,2-3,6,8,10H2,1H3,(H2,17,19);1H. The molecule has 0 bridgehead atoms. The summed E-state index contributed by atoms with van der Waals surface area (Å²) in [5.74, 6) is 0.869. The predicted octanol–water partition coefficient (Wildman–Crippen LogP) is 3.63. The van der Waals surface area contributed by atoms with Gasteiger partial charge in [0.2, 0.25) is 0 Å². The number of nitrogens with one attached hydrogen (secondary N) is 1. The minimum Gasteiger partial charge on any atom is -0.489 e. The lowest BCUT2D eigenvalue weighted by Gasteiger charge is -2.16. The molecule has 2 aromatic rings. The van der Waals surface area contributed by atoms with Crippen LogP contribution in [0.1, 0.15) is 23.3 Å². The zero-order valence-electron chi connectivity index (χ0n) is 13.1. The summed E-state index contributed by atoms with van der Waals surface area (Å²) in [5.41, 5.74) is 7.81. The maximum absolute atomic E-state index is 5.97. The van der Waals surface area contributed by atoms with Crippen molar-refractivity contribution < 1.29 is 9.47 Å². The molecule has 0 radical (unpaired) electrons. The molecular weight excluding hydrogens is 334 g/mol. The van der Waals surface area contributed by atoms with E-state index >= 15 is 0 Å². The van der Waals surface area contributed by atoms with Crippen LogP contribution in [0.4, 0.5) is 10.8 Å². The molecule has 5 nitrogen and oxygen atoms in total. The number of nitrogen functional groups attached to an aromatic ring is 1. The average Bonchev–Trinajstić information content (AvgIpc) is 3.15. The lowest BCUT2D eigenvalue weighted by Crippen LogP contribution is -2.17. The summed E-state index contributed by atoms with van der Waals surface area (Å²) in [5, 5.41) is 3.99. The number of thiazole rings is 1. The summed E-state index contributed by atoms with van der Waals surface area (Å²) in [4.78, 5) is 5.16. The Kier molecular flexibility index (Phi) is 6.50. The molecule has 0 amide bonds. The third-order valence-electron chi connectivity index (χ3n) is 3.61. The first-order valence-electron chi connectivity index (χ1n) is 7.50. The summed E-state index contributed by atoms with van der Waals surface area (Å²) >= 11 is 1.49. The Balaban J connectivity index is 0.00000192. The highest BCUT2D eigenvalue weighted by Crippen LogP contribution is 2.28. The Labute approximate surface area is 146 Å². The van der Waals surface area contributed by atoms with Crippen molar-refractivity contribution in [2.45, 2.75) is 32.4 Å². The summed E-state index contributed by atoms with van der Waals surface area (Å²) in [7, 11) is 0. The van der Waals surface area contributed by atoms with Crippen molar-refractivity contribution in [3.05, 3.63) is 34.8 Å². The third kappa shape index (κ3) is 4.99. The van der Waals surface area contributed by atoms with Gasteiger partial charge in [-0.3, -0.25) is 0 Å². The van der Waals surface area contributed by atoms with Crippen LogP contribution in [-0.4, -0.2) is 24.3 Å². The number of hydrogen-bond acceptors (Lipinski definition) is 6. The maximum Gasteiger partial charge on any atom is 0.180 e. The first-order chi connectivity index (χ1) is 10.7. The van der Waals surface area contributed by atoms with Crippen LogP contribution in [0.15, 0.2) is 24.4 Å². The van der Waals surface area contributed by atoms with Gasteiger partial charge in [-0.1, -0.05) is 6.07 Å². The molecule has 1 aliphatic rings. The lowest BCUT2D eigenvalue weighted by atomic mass is 10.2. The van der Waals surface area contributed by atoms with Crippen molar-refractivity contribution >= 4 is 34.6 Å². The van der Waals surface area contributed by atoms with Crippen LogP contribution in [-0.2, 0) is 11.3 Å². The summed E-state index contributed by atoms with van der Waals surface area (Å²) < 4.78 is 11.6. The van der Waals surface area contributed by atoms with E-state index in [0.29, 0.717) is 18.3 Å². The fourth-order valence-electron chi connectivity index (χ4n) is 2.44. The Bertz CT molecular complexity index is 630. The van der Waals surface area contributed by atoms with Crippen LogP contribution >= 0.6 is 23.7 Å². The van der Waals surface area contributed by atoms with Crippen LogP contribution < -0.4 is 15.8 Å². The molecular formula is C16H22ClN3O2S. The normalized spacial score (nSPS) is 16.8. The molecule has 2 heterocycles. The van der Waals surface area contributed by atoms with Crippen molar-refractivity contribution in [2.24, 2.45) is 0 Å². The molecule has 1 fully saturated rings. The fraction of sp³-hybridized carbons (Fsp3) is 0.438. The van der Waals surface area contributed by atoms with Gasteiger partial charge in [0.05, 0.1) is 18.3 Å². The Morgan fingerprint density at radius 3 is 3.04 bits per heavy atom. The first kappa shape index (κ1) is 17.8. The van der Waals surface area contributed by atoms with Crippen LogP contribution in [0.5, 0.6) is 5.75 Å². The largest absolute Gasteiger partial charge is 0.489 e. The van der Waals surface area contributed by atoms with E-state index in [0.717, 1.165) is 35.8 Å². The van der Waals surface area contributed by atoms with Crippen molar-refractivity contribution in [3.63, 3.8) is 0 Å². The topological polar surface area (TPSA) is 69.4 Å². The highest BCUT2D eigenvalue weighted by molar-refractivity contribution is 7.15. The molecule has 0 aliphatic carbocycles. The molecule has 23 heavy (non-hydrogen) atoms. The average molecular weight is 356 g/mol. The Morgan fingerprint density at radius 2 is 2.35 bits per heavy atom. The minimum atomic E-state index is 0. The van der Waals surface area contributed by atoms with Crippen LogP contribution in [0.3, 0.4) is 0 Å². The van der Waals surface area contributed by atoms with Crippen molar-refractivity contribution in [3.8, 4) is 5.75 Å². The second-order valence-electron chi connectivity index (χ2n) is 5.46. The molecule has 1 aliphatic heterocycles. The van der Waals surface area contributed by atoms with E-state index in [-0.39, 0.29) is 18.5 Å². The van der Waals surface area contributed by atoms with E-state index in [4.69, 9.17) is 15.2 Å². The number of nitrogens with two attached hydrogens (primary N) is 1. The molecule has 0 saturated carbocycles. The summed E-state index contributed by atoms with van der Waals surface area (Å²) in [6.07, 6.45) is 4.22. The van der Waals surface area contributed by atoms with Gasteiger partial charge < -0.3 is 20.5 Å². The van der Waals surface area contributed by atoms with E-state index in [9.17, 15) is 0 Å². The number of nitrogens with zero attached hydrogens (tertiary/aromatic N) is 1. The number of benzene rings is 1.